The van der Waals surface area contributed by atoms with Crippen LogP contribution in [0.1, 0.15) is 43.6 Å². The summed E-state index contributed by atoms with van der Waals surface area (Å²) in [6, 6.07) is 7.03. The number of hydrogen-bond donors (Lipinski definition) is 1. The Morgan fingerprint density at radius 1 is 1.21 bits per heavy atom. The van der Waals surface area contributed by atoms with Gasteiger partial charge >= 0.3 is 0 Å². The zero-order valence-corrected chi connectivity index (χ0v) is 20.2. The van der Waals surface area contributed by atoms with Gasteiger partial charge in [0.2, 0.25) is 16.0 Å². The van der Waals surface area contributed by atoms with E-state index in [-0.39, 0.29) is 17.9 Å². The molecule has 1 saturated heterocycles. The molecular weight excluding hydrogens is 491 g/mol. The van der Waals surface area contributed by atoms with Gasteiger partial charge in [-0.25, -0.2) is 18.4 Å². The molecule has 0 amide bonds. The fourth-order valence-corrected chi connectivity index (χ4v) is 5.03. The molecule has 0 radical (unpaired) electrons. The van der Waals surface area contributed by atoms with Gasteiger partial charge in [-0.15, -0.1) is 10.2 Å². The molecule has 1 aliphatic rings. The van der Waals surface area contributed by atoms with Gasteiger partial charge < -0.3 is 9.47 Å². The molecular formula is C20H22Cl2N6O4S. The summed E-state index contributed by atoms with van der Waals surface area (Å²) in [7, 11) is -2.65. The van der Waals surface area contributed by atoms with Gasteiger partial charge in [0, 0.05) is 26.1 Å². The lowest BCUT2D eigenvalue weighted by Crippen LogP contribution is -2.33. The molecule has 13 heteroatoms. The number of hydrogen-bond acceptors (Lipinski definition) is 8. The number of methoxy groups -OCH3 is 1. The van der Waals surface area contributed by atoms with Gasteiger partial charge in [-0.05, 0) is 31.9 Å². The van der Waals surface area contributed by atoms with Gasteiger partial charge in [0.05, 0.1) is 15.7 Å². The summed E-state index contributed by atoms with van der Waals surface area (Å²) in [4.78, 5) is 8.19. The Kier molecular flexibility index (Phi) is 7.15. The summed E-state index contributed by atoms with van der Waals surface area (Å²) in [5.74, 6) is 0.648. The number of sulfonamides is 1. The summed E-state index contributed by atoms with van der Waals surface area (Å²) < 4.78 is 41.9. The SMILES string of the molecule is COC(c1ncc(Cl)cn1)C(C)S(=O)(=O)Nc1nnc([C@@H]2CCCO2)n1-c1ccccc1Cl. The second-order valence-corrected chi connectivity index (χ2v) is 10.3. The minimum absolute atomic E-state index is 0.00710. The molecule has 176 valence electrons. The van der Waals surface area contributed by atoms with Crippen LogP contribution in [-0.2, 0) is 19.5 Å². The Morgan fingerprint density at radius 2 is 1.94 bits per heavy atom. The molecule has 33 heavy (non-hydrogen) atoms. The molecule has 2 aromatic heterocycles. The number of halogens is 2. The molecule has 3 heterocycles. The topological polar surface area (TPSA) is 121 Å². The van der Waals surface area contributed by atoms with Gasteiger partial charge in [-0.2, -0.15) is 0 Å². The van der Waals surface area contributed by atoms with Gasteiger partial charge in [0.1, 0.15) is 17.5 Å². The molecule has 1 aliphatic heterocycles. The zero-order chi connectivity index (χ0) is 23.6. The van der Waals surface area contributed by atoms with E-state index in [2.05, 4.69) is 24.9 Å². The van der Waals surface area contributed by atoms with Crippen molar-refractivity contribution >= 4 is 39.2 Å². The van der Waals surface area contributed by atoms with Crippen molar-refractivity contribution in [2.24, 2.45) is 0 Å². The lowest BCUT2D eigenvalue weighted by atomic mass is 10.2. The summed E-state index contributed by atoms with van der Waals surface area (Å²) in [5.41, 5.74) is 0.532. The number of rotatable bonds is 8. The van der Waals surface area contributed by atoms with E-state index in [0.29, 0.717) is 28.2 Å². The van der Waals surface area contributed by atoms with Crippen molar-refractivity contribution in [2.45, 2.75) is 37.2 Å². The van der Waals surface area contributed by atoms with E-state index in [1.807, 2.05) is 0 Å². The van der Waals surface area contributed by atoms with E-state index in [0.717, 1.165) is 12.8 Å². The van der Waals surface area contributed by atoms with Crippen LogP contribution >= 0.6 is 23.2 Å². The molecule has 2 unspecified atom stereocenters. The quantitative estimate of drug-likeness (QED) is 0.484. The van der Waals surface area contributed by atoms with Crippen LogP contribution in [0.2, 0.25) is 10.0 Å². The number of nitrogens with one attached hydrogen (secondary N) is 1. The molecule has 0 saturated carbocycles. The minimum Gasteiger partial charge on any atom is -0.372 e. The maximum Gasteiger partial charge on any atom is 0.243 e. The third-order valence-electron chi connectivity index (χ3n) is 5.30. The van der Waals surface area contributed by atoms with Crippen molar-refractivity contribution in [3.05, 3.63) is 58.4 Å². The van der Waals surface area contributed by atoms with Gasteiger partial charge in [-0.1, -0.05) is 35.3 Å². The molecule has 1 fully saturated rings. The predicted molar refractivity (Wildman–Crippen MR) is 123 cm³/mol. The monoisotopic (exact) mass is 512 g/mol. The molecule has 1 N–H and O–H groups in total. The molecule has 0 spiro atoms. The number of anilines is 1. The van der Waals surface area contributed by atoms with Crippen LogP contribution in [0.5, 0.6) is 0 Å². The minimum atomic E-state index is -4.03. The van der Waals surface area contributed by atoms with Gasteiger partial charge in [0.25, 0.3) is 0 Å². The Bertz CT molecular complexity index is 1220. The third-order valence-corrected chi connectivity index (χ3v) is 7.51. The first-order chi connectivity index (χ1) is 15.8. The lowest BCUT2D eigenvalue weighted by molar-refractivity contribution is 0.0950. The van der Waals surface area contributed by atoms with Crippen LogP contribution in [0.15, 0.2) is 36.7 Å². The molecule has 3 aromatic rings. The Balaban J connectivity index is 1.70. The smallest absolute Gasteiger partial charge is 0.243 e. The van der Waals surface area contributed by atoms with Crippen LogP contribution in [0.4, 0.5) is 5.95 Å². The van der Waals surface area contributed by atoms with Crippen LogP contribution in [-0.4, -0.2) is 52.1 Å². The van der Waals surface area contributed by atoms with Crippen molar-refractivity contribution in [2.75, 3.05) is 18.4 Å². The van der Waals surface area contributed by atoms with Crippen LogP contribution in [0, 0.1) is 0 Å². The Labute approximate surface area is 201 Å². The first-order valence-corrected chi connectivity index (χ1v) is 12.5. The van der Waals surface area contributed by atoms with E-state index in [1.165, 1.54) is 26.4 Å². The maximum absolute atomic E-state index is 13.3. The van der Waals surface area contributed by atoms with Crippen LogP contribution in [0.3, 0.4) is 0 Å². The standard InChI is InChI=1S/C20H22Cl2N6O4S/c1-12(17(31-2)18-23-10-13(21)11-24-18)33(29,30)27-20-26-25-19(16-8-5-9-32-16)28(20)15-7-4-3-6-14(15)22/h3-4,6-7,10-12,16-17H,5,8-9H2,1-2H3,(H,26,27)/t12?,16-,17?/m0/s1. The first kappa shape index (κ1) is 23.8. The molecule has 3 atom stereocenters. The second kappa shape index (κ2) is 9.90. The van der Waals surface area contributed by atoms with Gasteiger partial charge in [0.15, 0.2) is 11.6 Å². The van der Waals surface area contributed by atoms with Crippen LogP contribution < -0.4 is 4.72 Å². The number of aromatic nitrogens is 5. The highest BCUT2D eigenvalue weighted by Crippen LogP contribution is 2.34. The van der Waals surface area contributed by atoms with E-state index >= 15 is 0 Å². The number of ether oxygens (including phenoxy) is 2. The molecule has 0 aliphatic carbocycles. The number of para-hydroxylation sites is 1. The average molecular weight is 513 g/mol. The fourth-order valence-electron chi connectivity index (χ4n) is 3.58. The Morgan fingerprint density at radius 3 is 2.58 bits per heavy atom. The zero-order valence-electron chi connectivity index (χ0n) is 17.9. The van der Waals surface area contributed by atoms with E-state index < -0.39 is 21.4 Å². The van der Waals surface area contributed by atoms with E-state index in [4.69, 9.17) is 32.7 Å². The fraction of sp³-hybridized carbons (Fsp3) is 0.400. The summed E-state index contributed by atoms with van der Waals surface area (Å²) in [5, 5.41) is 8.00. The van der Waals surface area contributed by atoms with E-state index in [9.17, 15) is 8.42 Å². The highest BCUT2D eigenvalue weighted by Gasteiger charge is 2.35. The van der Waals surface area contributed by atoms with Crippen molar-refractivity contribution in [1.29, 1.82) is 0 Å². The Hall–Kier alpha value is -2.31. The van der Waals surface area contributed by atoms with Crippen molar-refractivity contribution in [3.63, 3.8) is 0 Å². The average Bonchev–Trinajstić information content (AvgIpc) is 3.46. The maximum atomic E-state index is 13.3. The molecule has 4 rings (SSSR count). The molecule has 10 nitrogen and oxygen atoms in total. The summed E-state index contributed by atoms with van der Waals surface area (Å²) >= 11 is 12.3. The highest BCUT2D eigenvalue weighted by atomic mass is 35.5. The van der Waals surface area contributed by atoms with Crippen LogP contribution in [0.25, 0.3) is 5.69 Å². The van der Waals surface area contributed by atoms with Crippen molar-refractivity contribution in [3.8, 4) is 5.69 Å². The lowest BCUT2D eigenvalue weighted by Gasteiger charge is -2.22. The summed E-state index contributed by atoms with van der Waals surface area (Å²) in [6.45, 7) is 2.08. The summed E-state index contributed by atoms with van der Waals surface area (Å²) in [6.07, 6.45) is 3.10. The van der Waals surface area contributed by atoms with E-state index in [1.54, 1.807) is 28.8 Å². The molecule has 0 bridgehead atoms. The van der Waals surface area contributed by atoms with Gasteiger partial charge in [-0.3, -0.25) is 9.29 Å². The number of benzene rings is 1. The highest BCUT2D eigenvalue weighted by molar-refractivity contribution is 7.93. The van der Waals surface area contributed by atoms with Crippen molar-refractivity contribution < 1.29 is 17.9 Å². The third kappa shape index (κ3) is 4.97. The second-order valence-electron chi connectivity index (χ2n) is 7.44. The first-order valence-electron chi connectivity index (χ1n) is 10.2. The number of nitrogens with zero attached hydrogens (tertiary/aromatic N) is 5. The normalized spacial score (nSPS) is 18.2. The van der Waals surface area contributed by atoms with Crippen molar-refractivity contribution in [1.82, 2.24) is 24.7 Å². The molecule has 1 aromatic carbocycles. The largest absolute Gasteiger partial charge is 0.372 e. The predicted octanol–water partition coefficient (Wildman–Crippen LogP) is 3.73.